The van der Waals surface area contributed by atoms with Crippen molar-refractivity contribution in [2.45, 2.75) is 24.5 Å². The Hall–Kier alpha value is -3.41. The predicted octanol–water partition coefficient (Wildman–Crippen LogP) is 4.62. The second-order valence-electron chi connectivity index (χ2n) is 6.63. The molecule has 1 aromatic carbocycles. The van der Waals surface area contributed by atoms with Crippen LogP contribution in [0, 0.1) is 0 Å². The van der Waals surface area contributed by atoms with E-state index >= 15 is 0 Å². The van der Waals surface area contributed by atoms with Crippen LogP contribution in [0.15, 0.2) is 64.3 Å². The van der Waals surface area contributed by atoms with Crippen LogP contribution in [0.4, 0.5) is 32.3 Å². The molecule has 2 aromatic heterocycles. The van der Waals surface area contributed by atoms with Gasteiger partial charge in [-0.3, -0.25) is 0 Å². The van der Waals surface area contributed by atoms with Crippen LogP contribution in [0.5, 0.6) is 0 Å². The molecule has 0 fully saturated rings. The fraction of sp³-hybridized carbons (Fsp3) is 0.211. The highest BCUT2D eigenvalue weighted by Gasteiger charge is 2.63. The molecule has 6 nitrogen and oxygen atoms in total. The monoisotopic (exact) mass is 442 g/mol. The molecule has 0 saturated heterocycles. The van der Waals surface area contributed by atoms with Gasteiger partial charge in [-0.15, -0.1) is 0 Å². The maximum absolute atomic E-state index is 13.8. The first-order chi connectivity index (χ1) is 14.5. The molecule has 0 spiro atoms. The molecule has 1 atom stereocenters. The summed E-state index contributed by atoms with van der Waals surface area (Å²) in [5.74, 6) is -1.21. The van der Waals surface area contributed by atoms with Crippen molar-refractivity contribution in [2.75, 3.05) is 5.01 Å². The maximum atomic E-state index is 13.8. The minimum absolute atomic E-state index is 0.0307. The van der Waals surface area contributed by atoms with Gasteiger partial charge < -0.3 is 9.52 Å². The molecule has 3 heterocycles. The van der Waals surface area contributed by atoms with Gasteiger partial charge in [0.1, 0.15) is 5.69 Å². The zero-order valence-corrected chi connectivity index (χ0v) is 15.3. The van der Waals surface area contributed by atoms with E-state index in [0.29, 0.717) is 6.07 Å². The third-order valence-corrected chi connectivity index (χ3v) is 4.51. The largest absolute Gasteiger partial charge is 0.463 e. The summed E-state index contributed by atoms with van der Waals surface area (Å²) in [5.41, 5.74) is -5.53. The number of furan rings is 1. The number of aliphatic hydroxyl groups is 1. The molecule has 0 radical (unpaired) electrons. The average Bonchev–Trinajstić information content (AvgIpc) is 3.36. The molecule has 0 aliphatic carbocycles. The van der Waals surface area contributed by atoms with Crippen molar-refractivity contribution in [2.24, 2.45) is 5.10 Å². The Morgan fingerprint density at radius 1 is 0.968 bits per heavy atom. The van der Waals surface area contributed by atoms with E-state index in [-0.39, 0.29) is 22.0 Å². The first kappa shape index (κ1) is 20.8. The Morgan fingerprint density at radius 3 is 2.26 bits per heavy atom. The van der Waals surface area contributed by atoms with Gasteiger partial charge in [0.25, 0.3) is 5.72 Å². The number of hydrogen-bond donors (Lipinski definition) is 1. The third-order valence-electron chi connectivity index (χ3n) is 4.51. The van der Waals surface area contributed by atoms with Crippen molar-refractivity contribution in [3.63, 3.8) is 0 Å². The lowest BCUT2D eigenvalue weighted by atomic mass is 10.0. The lowest BCUT2D eigenvalue weighted by molar-refractivity contribution is -0.254. The van der Waals surface area contributed by atoms with Crippen molar-refractivity contribution < 1.29 is 35.9 Å². The van der Waals surface area contributed by atoms with E-state index in [0.717, 1.165) is 6.26 Å². The minimum Gasteiger partial charge on any atom is -0.463 e. The average molecular weight is 442 g/mol. The summed E-state index contributed by atoms with van der Waals surface area (Å²) in [6.07, 6.45) is -10.1. The van der Waals surface area contributed by atoms with E-state index in [1.165, 1.54) is 24.3 Å². The topological polar surface area (TPSA) is 74.8 Å². The number of benzene rings is 1. The van der Waals surface area contributed by atoms with Crippen molar-refractivity contribution in [3.05, 3.63) is 66.1 Å². The molecule has 1 aliphatic rings. The van der Waals surface area contributed by atoms with Crippen molar-refractivity contribution in [1.82, 2.24) is 9.97 Å². The maximum Gasteiger partial charge on any atom is 0.438 e. The van der Waals surface area contributed by atoms with Crippen LogP contribution in [-0.2, 0) is 6.18 Å². The fourth-order valence-electron chi connectivity index (χ4n) is 2.99. The quantitative estimate of drug-likeness (QED) is 0.600. The first-order valence-electron chi connectivity index (χ1n) is 8.71. The van der Waals surface area contributed by atoms with E-state index in [1.807, 2.05) is 0 Å². The van der Waals surface area contributed by atoms with E-state index in [4.69, 9.17) is 4.42 Å². The van der Waals surface area contributed by atoms with Gasteiger partial charge in [0.05, 0.1) is 18.4 Å². The molecule has 1 unspecified atom stereocenters. The number of rotatable bonds is 3. The van der Waals surface area contributed by atoms with Gasteiger partial charge in [-0.25, -0.2) is 9.97 Å². The Balaban J connectivity index is 1.90. The molecule has 4 rings (SSSR count). The van der Waals surface area contributed by atoms with Crippen LogP contribution >= 0.6 is 0 Å². The summed E-state index contributed by atoms with van der Waals surface area (Å²) in [6, 6.07) is 10.8. The Kier molecular flexibility index (Phi) is 4.76. The van der Waals surface area contributed by atoms with Gasteiger partial charge in [-0.2, -0.15) is 36.5 Å². The van der Waals surface area contributed by atoms with Crippen LogP contribution in [0.25, 0.3) is 11.5 Å². The summed E-state index contributed by atoms with van der Waals surface area (Å²) in [4.78, 5) is 6.98. The lowest BCUT2D eigenvalue weighted by Gasteiger charge is -2.32. The molecule has 3 aromatic rings. The molecule has 0 bridgehead atoms. The van der Waals surface area contributed by atoms with E-state index < -0.39 is 41.8 Å². The summed E-state index contributed by atoms with van der Waals surface area (Å²) in [5, 5.41) is 14.2. The molecule has 0 amide bonds. The number of aromatic nitrogens is 2. The van der Waals surface area contributed by atoms with Crippen LogP contribution in [-0.4, -0.2) is 32.7 Å². The summed E-state index contributed by atoms with van der Waals surface area (Å²) < 4.78 is 86.6. The Morgan fingerprint density at radius 2 is 1.68 bits per heavy atom. The van der Waals surface area contributed by atoms with Gasteiger partial charge >= 0.3 is 12.4 Å². The second kappa shape index (κ2) is 7.08. The normalized spacial score (nSPS) is 19.6. The van der Waals surface area contributed by atoms with Crippen molar-refractivity contribution in [1.29, 1.82) is 0 Å². The van der Waals surface area contributed by atoms with Gasteiger partial charge in [0.15, 0.2) is 11.5 Å². The summed E-state index contributed by atoms with van der Waals surface area (Å²) in [7, 11) is 0. The highest BCUT2D eigenvalue weighted by molar-refractivity contribution is 6.03. The predicted molar refractivity (Wildman–Crippen MR) is 95.8 cm³/mol. The SMILES string of the molecule is OC1(C(F)(F)F)CC(c2ccccc2)=NN1c1nc(-c2ccco2)cc(C(F)(F)F)n1. The standard InChI is InChI=1S/C19H12F6N4O2/c20-18(21,22)15-9-12(14-7-4-8-31-14)26-16(27-15)29-17(30,19(23,24)25)10-13(28-29)11-5-2-1-3-6-11/h1-9,30H,10H2. The summed E-state index contributed by atoms with van der Waals surface area (Å²) in [6.45, 7) is 0. The minimum atomic E-state index is -5.28. The van der Waals surface area contributed by atoms with Crippen LogP contribution < -0.4 is 5.01 Å². The molecule has 12 heteroatoms. The van der Waals surface area contributed by atoms with Gasteiger partial charge in [-0.05, 0) is 23.8 Å². The lowest BCUT2D eigenvalue weighted by Crippen LogP contribution is -2.55. The molecule has 1 N–H and O–H groups in total. The molecule has 1 aliphatic heterocycles. The number of nitrogens with zero attached hydrogens (tertiary/aromatic N) is 4. The fourth-order valence-corrected chi connectivity index (χ4v) is 2.99. The number of anilines is 1. The van der Waals surface area contributed by atoms with E-state index in [9.17, 15) is 31.4 Å². The first-order valence-corrected chi connectivity index (χ1v) is 8.71. The molecule has 0 saturated carbocycles. The van der Waals surface area contributed by atoms with Gasteiger partial charge in [0.2, 0.25) is 5.95 Å². The Labute approximate surface area is 170 Å². The van der Waals surface area contributed by atoms with E-state index in [1.54, 1.807) is 18.2 Å². The molecular weight excluding hydrogens is 430 g/mol. The highest BCUT2D eigenvalue weighted by Crippen LogP contribution is 2.43. The third kappa shape index (κ3) is 3.74. The number of hydrogen-bond acceptors (Lipinski definition) is 6. The molecule has 31 heavy (non-hydrogen) atoms. The molecular formula is C19H12F6N4O2. The van der Waals surface area contributed by atoms with Crippen LogP contribution in [0.3, 0.4) is 0 Å². The van der Waals surface area contributed by atoms with Crippen LogP contribution in [0.2, 0.25) is 0 Å². The highest BCUT2D eigenvalue weighted by atomic mass is 19.4. The Bertz CT molecular complexity index is 1110. The number of alkyl halides is 6. The van der Waals surface area contributed by atoms with Gasteiger partial charge in [0, 0.05) is 0 Å². The van der Waals surface area contributed by atoms with Crippen molar-refractivity contribution >= 4 is 11.7 Å². The second-order valence-corrected chi connectivity index (χ2v) is 6.63. The van der Waals surface area contributed by atoms with E-state index in [2.05, 4.69) is 15.1 Å². The molecule has 162 valence electrons. The summed E-state index contributed by atoms with van der Waals surface area (Å²) >= 11 is 0. The number of hydrazone groups is 1. The van der Waals surface area contributed by atoms with Crippen molar-refractivity contribution in [3.8, 4) is 11.5 Å². The number of halogens is 6. The van der Waals surface area contributed by atoms with Crippen LogP contribution in [0.1, 0.15) is 17.7 Å². The zero-order valence-electron chi connectivity index (χ0n) is 15.3. The van der Waals surface area contributed by atoms with Gasteiger partial charge in [-0.1, -0.05) is 30.3 Å². The zero-order chi connectivity index (χ0) is 22.4. The smallest absolute Gasteiger partial charge is 0.438 e.